The van der Waals surface area contributed by atoms with E-state index in [1.54, 1.807) is 59.9 Å². The lowest BCUT2D eigenvalue weighted by Crippen LogP contribution is -2.40. The second-order valence-electron chi connectivity index (χ2n) is 32.4. The van der Waals surface area contributed by atoms with Gasteiger partial charge >= 0.3 is 47.2 Å². The van der Waals surface area contributed by atoms with Gasteiger partial charge in [-0.25, -0.2) is 14.0 Å². The summed E-state index contributed by atoms with van der Waals surface area (Å²) < 4.78 is 125. The van der Waals surface area contributed by atoms with Crippen LogP contribution in [0.4, 0.5) is 21.5 Å². The number of hydrogen-bond donors (Lipinski definition) is 4. The van der Waals surface area contributed by atoms with Crippen LogP contribution >= 0.6 is 37.0 Å². The highest BCUT2D eigenvalue weighted by molar-refractivity contribution is 7.99. The van der Waals surface area contributed by atoms with Crippen LogP contribution < -0.4 is 85.8 Å². The first-order valence-electron chi connectivity index (χ1n) is 42.3. The van der Waals surface area contributed by atoms with Gasteiger partial charge in [-0.05, 0) is 130 Å². The highest BCUT2D eigenvalue weighted by Gasteiger charge is 2.40. The fourth-order valence-corrected chi connectivity index (χ4v) is 13.9. The van der Waals surface area contributed by atoms with E-state index in [1.807, 2.05) is 39.8 Å². The van der Waals surface area contributed by atoms with Crippen molar-refractivity contribution in [2.45, 2.75) is 172 Å². The number of fused-ring (bicyclic) bond motifs is 6. The Morgan fingerprint density at radius 1 is 0.578 bits per heavy atom. The molecule has 730 valence electrons. The summed E-state index contributed by atoms with van der Waals surface area (Å²) in [5.41, 5.74) is 0.484. The molecule has 0 spiro atoms. The zero-order chi connectivity index (χ0) is 98.9. The van der Waals surface area contributed by atoms with E-state index in [9.17, 15) is 72.9 Å². The quantitative estimate of drug-likeness (QED) is 0.00578. The fraction of sp³-hybridized carbons (Fsp3) is 0.446. The van der Waals surface area contributed by atoms with Crippen molar-refractivity contribution in [1.82, 2.24) is 4.90 Å². The van der Waals surface area contributed by atoms with Crippen LogP contribution in [0.15, 0.2) is 97.1 Å². The Hall–Kier alpha value is -13.5. The predicted molar refractivity (Wildman–Crippen MR) is 486 cm³/mol. The lowest BCUT2D eigenvalue weighted by molar-refractivity contribution is -0.386. The summed E-state index contributed by atoms with van der Waals surface area (Å²) in [4.78, 5) is 127. The Balaban J connectivity index is 0.000000183. The van der Waals surface area contributed by atoms with Crippen molar-refractivity contribution in [2.24, 2.45) is 23.7 Å². The van der Waals surface area contributed by atoms with E-state index in [1.165, 1.54) is 105 Å². The number of hydrogen-bond acceptors (Lipinski definition) is 39. The number of phenols is 1. The SMILES string of the molecule is CC(=O)Oc1cc2c(cc1C(=O)N1CSCC1OC=O)OCO2.CC(=O)Oc1cc2c(cc1[N+](=O)[O-])OC(CCOC(=O)C(C)C)O2.CC(C)COC(=O)C(C)(C)Oc1cc2c(cc1[N+](=O)[O-])OCO2.CNc1cc2c(cc1OC(C)=O)OC(C[C@H](C)CS)O2.Cc1cc2c(cc1CCC(=O)[C@@H](C)CS)OCO2.Cc1cc2c(cc1O)OC(CCOC(=O)C(C)(C)Oc1ccc(F)cc1)O2. The number of nitro groups is 2. The number of carbonyl (C=O) groups is 9. The molecule has 0 aliphatic carbocycles. The first-order chi connectivity index (χ1) is 64.0. The van der Waals surface area contributed by atoms with Crippen LogP contribution in [0.1, 0.15) is 143 Å². The minimum atomic E-state index is -1.38. The number of nitro benzene ring substituents is 2. The second kappa shape index (κ2) is 48.5. The monoisotopic (exact) mass is 1940 g/mol. The average molecular weight is 1940 g/mol. The molecule has 2 N–H and O–H groups in total. The Kier molecular flexibility index (Phi) is 37.8. The smallest absolute Gasteiger partial charge is 0.349 e. The van der Waals surface area contributed by atoms with Crippen molar-refractivity contribution < 1.29 is 162 Å². The minimum absolute atomic E-state index is 0.0181. The maximum absolute atomic E-state index is 13.0. The lowest BCUT2D eigenvalue weighted by atomic mass is 9.98. The molecule has 6 atom stereocenters. The Morgan fingerprint density at radius 2 is 1.04 bits per heavy atom. The largest absolute Gasteiger partial charge is 0.508 e. The van der Waals surface area contributed by atoms with Crippen molar-refractivity contribution in [3.63, 3.8) is 0 Å². The molecular formula is C92H107FN4O35S3. The number of ketones is 1. The number of aryl methyl sites for hydroxylation is 3. The van der Waals surface area contributed by atoms with Gasteiger partial charge in [-0.3, -0.25) is 58.7 Å². The maximum Gasteiger partial charge on any atom is 0.349 e. The van der Waals surface area contributed by atoms with Crippen LogP contribution in [0.3, 0.4) is 0 Å². The molecule has 0 radical (unpaired) electrons. The number of ether oxygens (including phenoxy) is 21. The summed E-state index contributed by atoms with van der Waals surface area (Å²) in [6.45, 7) is 25.9. The third-order valence-corrected chi connectivity index (χ3v) is 21.9. The molecule has 0 saturated carbocycles. The van der Waals surface area contributed by atoms with Gasteiger partial charge in [0.25, 0.3) is 12.4 Å². The number of rotatable bonds is 32. The van der Waals surface area contributed by atoms with E-state index in [2.05, 4.69) is 37.5 Å². The van der Waals surface area contributed by atoms with Gasteiger partial charge in [-0.2, -0.15) is 25.3 Å². The molecule has 7 aromatic rings. The van der Waals surface area contributed by atoms with E-state index >= 15 is 0 Å². The molecule has 39 nitrogen and oxygen atoms in total. The van der Waals surface area contributed by atoms with Crippen molar-refractivity contribution >= 4 is 108 Å². The predicted octanol–water partition coefficient (Wildman–Crippen LogP) is 15.1. The normalized spacial score (nSPS) is 15.8. The number of Topliss-reactive ketones (excluding diaryl/α,β-unsaturated/α-hetero) is 1. The molecule has 7 aliphatic rings. The summed E-state index contributed by atoms with van der Waals surface area (Å²) in [6, 6.07) is 23.8. The number of thioether (sulfide) groups is 1. The van der Waals surface area contributed by atoms with Crippen molar-refractivity contribution in [1.29, 1.82) is 0 Å². The van der Waals surface area contributed by atoms with Gasteiger partial charge in [0.2, 0.25) is 56.3 Å². The molecule has 1 amide bonds. The molecular weight excluding hydrogens is 1840 g/mol. The van der Waals surface area contributed by atoms with Gasteiger partial charge in [0.05, 0.1) is 83.4 Å². The topological polar surface area (TPSA) is 469 Å². The van der Waals surface area contributed by atoms with Crippen molar-refractivity contribution in [3.05, 3.63) is 145 Å². The molecule has 0 bridgehead atoms. The number of amides is 1. The van der Waals surface area contributed by atoms with Crippen LogP contribution in [0, 0.1) is 63.6 Å². The zero-order valence-corrected chi connectivity index (χ0v) is 79.5. The molecule has 14 rings (SSSR count). The molecule has 7 aromatic carbocycles. The number of benzene rings is 7. The van der Waals surface area contributed by atoms with E-state index < -0.39 is 75.3 Å². The zero-order valence-electron chi connectivity index (χ0n) is 76.9. The van der Waals surface area contributed by atoms with Crippen LogP contribution in [0.2, 0.25) is 0 Å². The highest BCUT2D eigenvalue weighted by Crippen LogP contribution is 2.48. The number of nitrogens with one attached hydrogen (secondary N) is 1. The van der Waals surface area contributed by atoms with Crippen LogP contribution in [0.5, 0.6) is 103 Å². The molecule has 7 aliphatic heterocycles. The number of phenolic OH excluding ortho intramolecular Hbond substituents is 1. The molecule has 135 heavy (non-hydrogen) atoms. The summed E-state index contributed by atoms with van der Waals surface area (Å²) in [5.74, 6) is 5.26. The fourth-order valence-electron chi connectivity index (χ4n) is 12.5. The number of aromatic hydroxyl groups is 1. The molecule has 0 aromatic heterocycles. The van der Waals surface area contributed by atoms with E-state index in [4.69, 9.17) is 99.5 Å². The van der Waals surface area contributed by atoms with Crippen LogP contribution in [-0.2, 0) is 63.7 Å². The highest BCUT2D eigenvalue weighted by atomic mass is 32.2. The molecule has 1 fully saturated rings. The molecule has 4 unspecified atom stereocenters. The number of halogens is 1. The van der Waals surface area contributed by atoms with E-state index in [0.717, 1.165) is 54.2 Å². The standard InChI is InChI=1S/C20H21FO6.C15H17NO8.C15H19NO7.C14H13NO7S.C14H19NO4S.C14H18O3S/c1-12-10-16-17(11-15(12)22)26-18(25-16)8-9-24-19(23)20(2,3)27-14-6-4-13(21)5-7-14;1-8(2)15(18)21-5-4-14-23-12-6-10(16(19)20)11(22-9(3)17)7-13(12)24-14;1-9(2)7-20-14(17)15(3,4)23-11-6-13-12(21-8-22-13)5-10(11)16(18)19;1-8(17)22-10-3-12-11(20-7-21-12)2-9(10)14(18)15-5-23-4-13(15)19-6-16;1-8(7-20)4-14-18-12-5-10(15-3)11(17-9(2)16)6-13(12)19-14;1-9-5-13-14(17-8-16-13)6-11(9)3-4-12(15)10(2)7-18/h4-7,10-11,18,22H,8-9H2,1-3H3;6-8,14H,4-5H2,1-3H3;5-6,9H,7-8H2,1-4H3;2-3,6,13H,4-5,7H2,1H3;5-6,8,14-15,20H,4,7H2,1-3H3;5-6,10,18H,3-4,7-8H2,1-2H3/t;;;;8-,14?;10-/m....00/s1. The Morgan fingerprint density at radius 3 is 1.59 bits per heavy atom. The van der Waals surface area contributed by atoms with Gasteiger partial charge in [-0.1, -0.05) is 41.5 Å². The van der Waals surface area contributed by atoms with Gasteiger partial charge in [0, 0.05) is 89.0 Å². The van der Waals surface area contributed by atoms with Gasteiger partial charge in [0.1, 0.15) is 28.8 Å². The first-order valence-corrected chi connectivity index (χ1v) is 44.7. The van der Waals surface area contributed by atoms with Crippen LogP contribution in [-0.4, -0.2) is 181 Å². The minimum Gasteiger partial charge on any atom is -0.508 e. The summed E-state index contributed by atoms with van der Waals surface area (Å²) in [5, 5.41) is 34.9. The van der Waals surface area contributed by atoms with Gasteiger partial charge in [-0.15, -0.1) is 11.8 Å². The average Bonchev–Trinajstić information content (AvgIpc) is 1.72. The third kappa shape index (κ3) is 30.0. The summed E-state index contributed by atoms with van der Waals surface area (Å²) in [6.07, 6.45) is 0.321. The van der Waals surface area contributed by atoms with Gasteiger partial charge < -0.3 is 110 Å². The molecule has 7 heterocycles. The third-order valence-electron chi connectivity index (χ3n) is 19.7. The Bertz CT molecular complexity index is 5410. The van der Waals surface area contributed by atoms with Gasteiger partial charge in [0.15, 0.2) is 86.6 Å². The molecule has 1 saturated heterocycles. The number of thiol groups is 2. The number of anilines is 1. The van der Waals surface area contributed by atoms with E-state index in [0.29, 0.717) is 106 Å². The number of nitrogens with zero attached hydrogens (tertiary/aromatic N) is 3. The summed E-state index contributed by atoms with van der Waals surface area (Å²) in [7, 11) is 1.75. The Labute approximate surface area is 791 Å². The van der Waals surface area contributed by atoms with Crippen molar-refractivity contribution in [3.8, 4) is 103 Å². The first kappa shape index (κ1) is 105. The number of esters is 6. The molecule has 43 heteroatoms. The number of carbonyl (C=O) groups excluding carboxylic acids is 9. The second-order valence-corrected chi connectivity index (χ2v) is 34.2. The summed E-state index contributed by atoms with van der Waals surface area (Å²) >= 11 is 9.86. The lowest BCUT2D eigenvalue weighted by Gasteiger charge is -2.24. The maximum atomic E-state index is 13.0. The van der Waals surface area contributed by atoms with Crippen LogP contribution in [0.25, 0.3) is 0 Å². The van der Waals surface area contributed by atoms with E-state index in [-0.39, 0.29) is 146 Å². The van der Waals surface area contributed by atoms with Crippen molar-refractivity contribution in [2.75, 3.05) is 75.7 Å².